The fraction of sp³-hybridized carbons (Fsp3) is 0.368. The molecule has 3 heterocycles. The van der Waals surface area contributed by atoms with Crippen LogP contribution >= 0.6 is 0 Å². The van der Waals surface area contributed by atoms with Crippen LogP contribution in [0.25, 0.3) is 11.5 Å². The van der Waals surface area contributed by atoms with Crippen molar-refractivity contribution in [2.24, 2.45) is 7.05 Å². The molecule has 1 aliphatic rings. The Morgan fingerprint density at radius 1 is 1.30 bits per heavy atom. The van der Waals surface area contributed by atoms with E-state index in [4.69, 9.17) is 9.26 Å². The van der Waals surface area contributed by atoms with E-state index in [1.807, 2.05) is 39.1 Å². The van der Waals surface area contributed by atoms with Gasteiger partial charge < -0.3 is 14.2 Å². The monoisotopic (exact) mass is 367 g/mol. The van der Waals surface area contributed by atoms with Gasteiger partial charge in [0.2, 0.25) is 0 Å². The quantitative estimate of drug-likeness (QED) is 0.706. The van der Waals surface area contributed by atoms with Crippen molar-refractivity contribution >= 4 is 5.91 Å². The molecule has 0 bridgehead atoms. The van der Waals surface area contributed by atoms with Gasteiger partial charge in [-0.25, -0.2) is 0 Å². The third-order valence-corrected chi connectivity index (χ3v) is 4.70. The van der Waals surface area contributed by atoms with E-state index >= 15 is 0 Å². The Morgan fingerprint density at radius 3 is 2.93 bits per heavy atom. The molecule has 0 spiro atoms. The fourth-order valence-electron chi connectivity index (χ4n) is 3.20. The van der Waals surface area contributed by atoms with Crippen LogP contribution in [0.2, 0.25) is 0 Å². The smallest absolute Gasteiger partial charge is 0.261 e. The van der Waals surface area contributed by atoms with Crippen molar-refractivity contribution in [3.63, 3.8) is 0 Å². The number of carbonyl (C=O) groups is 1. The second kappa shape index (κ2) is 6.96. The molecule has 1 atom stereocenters. The summed E-state index contributed by atoms with van der Waals surface area (Å²) in [4.78, 5) is 19.5. The molecule has 0 saturated carbocycles. The highest BCUT2D eigenvalue weighted by Gasteiger charge is 2.33. The first-order valence-electron chi connectivity index (χ1n) is 8.81. The standard InChI is InChI=1S/C19H21N5O3/c1-12-4-5-13(2)15(8-12)19(25)24-6-7-26-11-16(24)17-21-18(27-22-17)14-9-20-23(3)10-14/h4-5,8-10,16H,6-7,11H2,1-3H3/t16-/m1/s1. The lowest BCUT2D eigenvalue weighted by Gasteiger charge is -2.34. The van der Waals surface area contributed by atoms with Gasteiger partial charge in [0, 0.05) is 25.4 Å². The van der Waals surface area contributed by atoms with Crippen LogP contribution in [0.4, 0.5) is 0 Å². The van der Waals surface area contributed by atoms with Crippen LogP contribution < -0.4 is 0 Å². The molecular weight excluding hydrogens is 346 g/mol. The molecule has 0 aliphatic carbocycles. The van der Waals surface area contributed by atoms with Crippen molar-refractivity contribution in [3.8, 4) is 11.5 Å². The van der Waals surface area contributed by atoms with Crippen LogP contribution in [0.3, 0.4) is 0 Å². The Hall–Kier alpha value is -3.00. The van der Waals surface area contributed by atoms with Crippen molar-refractivity contribution in [2.45, 2.75) is 19.9 Å². The zero-order valence-corrected chi connectivity index (χ0v) is 15.5. The lowest BCUT2D eigenvalue weighted by molar-refractivity contribution is -0.00581. The number of nitrogens with zero attached hydrogens (tertiary/aromatic N) is 5. The molecule has 1 fully saturated rings. The van der Waals surface area contributed by atoms with Gasteiger partial charge >= 0.3 is 0 Å². The molecule has 0 radical (unpaired) electrons. The number of amides is 1. The molecule has 8 nitrogen and oxygen atoms in total. The maximum absolute atomic E-state index is 13.2. The van der Waals surface area contributed by atoms with Crippen LogP contribution in [-0.4, -0.2) is 50.5 Å². The summed E-state index contributed by atoms with van der Waals surface area (Å²) in [5.41, 5.74) is 3.42. The molecule has 27 heavy (non-hydrogen) atoms. The minimum absolute atomic E-state index is 0.0442. The zero-order valence-electron chi connectivity index (χ0n) is 15.5. The summed E-state index contributed by atoms with van der Waals surface area (Å²) in [5, 5.41) is 8.21. The zero-order chi connectivity index (χ0) is 19.0. The first-order chi connectivity index (χ1) is 13.0. The third-order valence-electron chi connectivity index (χ3n) is 4.70. The van der Waals surface area contributed by atoms with Crippen molar-refractivity contribution in [3.05, 3.63) is 53.1 Å². The van der Waals surface area contributed by atoms with Gasteiger partial charge in [0.1, 0.15) is 6.04 Å². The van der Waals surface area contributed by atoms with E-state index in [2.05, 4.69) is 15.2 Å². The predicted octanol–water partition coefficient (Wildman–Crippen LogP) is 2.30. The number of aryl methyl sites for hydroxylation is 3. The highest BCUT2D eigenvalue weighted by Crippen LogP contribution is 2.27. The number of ether oxygens (including phenoxy) is 1. The summed E-state index contributed by atoms with van der Waals surface area (Å²) in [6.45, 7) is 5.22. The molecule has 4 rings (SSSR count). The van der Waals surface area contributed by atoms with E-state index in [-0.39, 0.29) is 11.9 Å². The van der Waals surface area contributed by atoms with E-state index in [9.17, 15) is 4.79 Å². The lowest BCUT2D eigenvalue weighted by Crippen LogP contribution is -2.44. The number of morpholine rings is 1. The van der Waals surface area contributed by atoms with Crippen molar-refractivity contribution < 1.29 is 14.1 Å². The van der Waals surface area contributed by atoms with Gasteiger partial charge in [-0.3, -0.25) is 9.48 Å². The molecule has 1 aromatic carbocycles. The summed E-state index contributed by atoms with van der Waals surface area (Å²) in [6.07, 6.45) is 3.46. The molecule has 1 aliphatic heterocycles. The molecule has 0 N–H and O–H groups in total. The molecular formula is C19H21N5O3. The summed E-state index contributed by atoms with van der Waals surface area (Å²) < 4.78 is 12.6. The van der Waals surface area contributed by atoms with E-state index in [1.165, 1.54) is 0 Å². The first kappa shape index (κ1) is 17.4. The molecule has 8 heteroatoms. The second-order valence-electron chi connectivity index (χ2n) is 6.77. The number of aromatic nitrogens is 4. The van der Waals surface area contributed by atoms with Crippen LogP contribution in [0, 0.1) is 13.8 Å². The average molecular weight is 367 g/mol. The lowest BCUT2D eigenvalue weighted by atomic mass is 10.0. The number of rotatable bonds is 3. The maximum atomic E-state index is 13.2. The van der Waals surface area contributed by atoms with Gasteiger partial charge in [0.25, 0.3) is 11.8 Å². The SMILES string of the molecule is Cc1ccc(C)c(C(=O)N2CCOC[C@@H]2c2noc(-c3cnn(C)c3)n2)c1. The largest absolute Gasteiger partial charge is 0.377 e. The second-order valence-corrected chi connectivity index (χ2v) is 6.77. The highest BCUT2D eigenvalue weighted by molar-refractivity contribution is 5.96. The Morgan fingerprint density at radius 2 is 2.15 bits per heavy atom. The summed E-state index contributed by atoms with van der Waals surface area (Å²) in [6, 6.07) is 5.50. The molecule has 3 aromatic rings. The van der Waals surface area contributed by atoms with Gasteiger partial charge in [-0.05, 0) is 25.5 Å². The Kier molecular flexibility index (Phi) is 4.49. The van der Waals surface area contributed by atoms with Crippen molar-refractivity contribution in [1.29, 1.82) is 0 Å². The highest BCUT2D eigenvalue weighted by atomic mass is 16.5. The first-order valence-corrected chi connectivity index (χ1v) is 8.81. The van der Waals surface area contributed by atoms with Gasteiger partial charge in [0.05, 0.1) is 25.0 Å². The summed E-state index contributed by atoms with van der Waals surface area (Å²) in [7, 11) is 1.82. The minimum atomic E-state index is -0.389. The number of carbonyl (C=O) groups excluding carboxylic acids is 1. The summed E-state index contributed by atoms with van der Waals surface area (Å²) >= 11 is 0. The van der Waals surface area contributed by atoms with Gasteiger partial charge in [-0.1, -0.05) is 22.9 Å². The Bertz CT molecular complexity index is 977. The number of hydrogen-bond acceptors (Lipinski definition) is 6. The van der Waals surface area contributed by atoms with Crippen LogP contribution in [-0.2, 0) is 11.8 Å². The number of benzene rings is 1. The molecule has 1 saturated heterocycles. The normalized spacial score (nSPS) is 17.3. The van der Waals surface area contributed by atoms with Gasteiger partial charge in [-0.15, -0.1) is 0 Å². The molecule has 2 aromatic heterocycles. The summed E-state index contributed by atoms with van der Waals surface area (Å²) in [5.74, 6) is 0.771. The van der Waals surface area contributed by atoms with E-state index in [0.717, 1.165) is 16.7 Å². The minimum Gasteiger partial charge on any atom is -0.377 e. The van der Waals surface area contributed by atoms with Crippen LogP contribution in [0.5, 0.6) is 0 Å². The average Bonchev–Trinajstić information content (AvgIpc) is 3.32. The topological polar surface area (TPSA) is 86.3 Å². The fourth-order valence-corrected chi connectivity index (χ4v) is 3.20. The molecule has 0 unspecified atom stereocenters. The predicted molar refractivity (Wildman–Crippen MR) is 97.0 cm³/mol. The van der Waals surface area contributed by atoms with E-state index in [0.29, 0.717) is 37.0 Å². The van der Waals surface area contributed by atoms with Crippen LogP contribution in [0.1, 0.15) is 33.4 Å². The van der Waals surface area contributed by atoms with Crippen molar-refractivity contribution in [2.75, 3.05) is 19.8 Å². The van der Waals surface area contributed by atoms with Gasteiger partial charge in [0.15, 0.2) is 5.82 Å². The molecule has 140 valence electrons. The van der Waals surface area contributed by atoms with E-state index < -0.39 is 0 Å². The third kappa shape index (κ3) is 3.35. The van der Waals surface area contributed by atoms with Crippen LogP contribution in [0.15, 0.2) is 35.1 Å². The maximum Gasteiger partial charge on any atom is 0.261 e. The van der Waals surface area contributed by atoms with Crippen molar-refractivity contribution in [1.82, 2.24) is 24.8 Å². The Balaban J connectivity index is 1.64. The van der Waals surface area contributed by atoms with Gasteiger partial charge in [-0.2, -0.15) is 10.1 Å². The molecule has 1 amide bonds. The van der Waals surface area contributed by atoms with E-state index in [1.54, 1.807) is 22.0 Å². The Labute approximate surface area is 156 Å². The number of hydrogen-bond donors (Lipinski definition) is 0.